The molecular formula is C16H17FOS. The van der Waals surface area contributed by atoms with E-state index >= 15 is 0 Å². The summed E-state index contributed by atoms with van der Waals surface area (Å²) in [6.07, 6.45) is -0.677. The lowest BCUT2D eigenvalue weighted by molar-refractivity contribution is 0.196. The van der Waals surface area contributed by atoms with Crippen molar-refractivity contribution in [1.82, 2.24) is 0 Å². The van der Waals surface area contributed by atoms with Gasteiger partial charge in [-0.25, -0.2) is 4.39 Å². The van der Waals surface area contributed by atoms with Gasteiger partial charge in [-0.1, -0.05) is 29.5 Å². The van der Waals surface area contributed by atoms with E-state index in [9.17, 15) is 9.50 Å². The normalized spacial score (nSPS) is 12.5. The van der Waals surface area contributed by atoms with E-state index in [1.165, 1.54) is 23.3 Å². The number of benzene rings is 2. The average Bonchev–Trinajstić information content (AvgIpc) is 2.34. The minimum absolute atomic E-state index is 0.319. The zero-order valence-electron chi connectivity index (χ0n) is 11.3. The molecule has 2 aromatic carbocycles. The molecule has 0 aromatic heterocycles. The molecule has 0 aliphatic rings. The van der Waals surface area contributed by atoms with Gasteiger partial charge in [-0.2, -0.15) is 0 Å². The monoisotopic (exact) mass is 276 g/mol. The summed E-state index contributed by atoms with van der Waals surface area (Å²) in [5.74, 6) is -0.319. The summed E-state index contributed by atoms with van der Waals surface area (Å²) in [6, 6.07) is 10.8. The fraction of sp³-hybridized carbons (Fsp3) is 0.250. The van der Waals surface area contributed by atoms with E-state index in [4.69, 9.17) is 0 Å². The first-order chi connectivity index (χ1) is 8.97. The zero-order chi connectivity index (χ0) is 14.0. The van der Waals surface area contributed by atoms with Crippen molar-refractivity contribution in [2.24, 2.45) is 0 Å². The Kier molecular flexibility index (Phi) is 4.27. The minimum atomic E-state index is -0.677. The van der Waals surface area contributed by atoms with Gasteiger partial charge in [0.05, 0.1) is 6.10 Å². The van der Waals surface area contributed by atoms with Crippen LogP contribution in [-0.2, 0) is 0 Å². The third-order valence-corrected chi connectivity index (χ3v) is 4.24. The van der Waals surface area contributed by atoms with Gasteiger partial charge in [-0.3, -0.25) is 0 Å². The Hall–Kier alpha value is -1.32. The van der Waals surface area contributed by atoms with Crippen molar-refractivity contribution < 1.29 is 9.50 Å². The molecule has 0 saturated heterocycles. The number of rotatable bonds is 3. The fourth-order valence-electron chi connectivity index (χ4n) is 1.97. The summed E-state index contributed by atoms with van der Waals surface area (Å²) in [5, 5.41) is 9.74. The molecular weight excluding hydrogens is 259 g/mol. The molecule has 3 heteroatoms. The smallest absolute Gasteiger partial charge is 0.123 e. The summed E-state index contributed by atoms with van der Waals surface area (Å²) in [7, 11) is 0. The second-order valence-electron chi connectivity index (χ2n) is 4.73. The number of aliphatic hydroxyl groups excluding tert-OH is 1. The van der Waals surface area contributed by atoms with Crippen molar-refractivity contribution in [2.45, 2.75) is 36.7 Å². The number of halogens is 1. The molecule has 19 heavy (non-hydrogen) atoms. The van der Waals surface area contributed by atoms with Crippen LogP contribution in [0.1, 0.15) is 29.7 Å². The van der Waals surface area contributed by atoms with Crippen LogP contribution in [0.4, 0.5) is 4.39 Å². The van der Waals surface area contributed by atoms with Crippen LogP contribution in [0.5, 0.6) is 0 Å². The van der Waals surface area contributed by atoms with E-state index in [0.717, 1.165) is 9.79 Å². The molecule has 0 saturated carbocycles. The minimum Gasteiger partial charge on any atom is -0.389 e. The lowest BCUT2D eigenvalue weighted by atomic mass is 10.1. The van der Waals surface area contributed by atoms with Crippen molar-refractivity contribution >= 4 is 11.8 Å². The summed E-state index contributed by atoms with van der Waals surface area (Å²) in [6.45, 7) is 5.77. The highest BCUT2D eigenvalue weighted by Gasteiger charge is 2.11. The highest BCUT2D eigenvalue weighted by molar-refractivity contribution is 7.99. The molecule has 1 atom stereocenters. The van der Waals surface area contributed by atoms with Gasteiger partial charge < -0.3 is 5.11 Å². The lowest BCUT2D eigenvalue weighted by Crippen LogP contribution is -1.95. The van der Waals surface area contributed by atoms with E-state index in [2.05, 4.69) is 32.0 Å². The van der Waals surface area contributed by atoms with Crippen LogP contribution in [0.2, 0.25) is 0 Å². The molecule has 100 valence electrons. The van der Waals surface area contributed by atoms with Crippen molar-refractivity contribution in [3.63, 3.8) is 0 Å². The maximum atomic E-state index is 13.3. The zero-order valence-corrected chi connectivity index (χ0v) is 12.1. The molecule has 0 spiro atoms. The number of aryl methyl sites for hydroxylation is 2. The maximum absolute atomic E-state index is 13.3. The van der Waals surface area contributed by atoms with E-state index in [1.54, 1.807) is 24.8 Å². The Morgan fingerprint density at radius 1 is 1.05 bits per heavy atom. The first-order valence-corrected chi connectivity index (χ1v) is 7.01. The molecule has 0 amide bonds. The summed E-state index contributed by atoms with van der Waals surface area (Å²) in [4.78, 5) is 2.02. The standard InChI is InChI=1S/C16H17FOS/c1-10-4-6-15(11(2)8-10)19-16-7-5-13(17)9-14(16)12(3)18/h4-9,12,18H,1-3H3/t12-/m0/s1. The van der Waals surface area contributed by atoms with Crippen molar-refractivity contribution in [3.8, 4) is 0 Å². The van der Waals surface area contributed by atoms with E-state index in [1.807, 2.05) is 0 Å². The van der Waals surface area contributed by atoms with Crippen LogP contribution >= 0.6 is 11.8 Å². The van der Waals surface area contributed by atoms with Gasteiger partial charge in [-0.15, -0.1) is 0 Å². The molecule has 1 nitrogen and oxygen atoms in total. The summed E-state index contributed by atoms with van der Waals surface area (Å²) < 4.78 is 13.3. The molecule has 2 rings (SSSR count). The quantitative estimate of drug-likeness (QED) is 0.880. The molecule has 2 aromatic rings. The Balaban J connectivity index is 2.38. The third kappa shape index (κ3) is 3.37. The fourth-order valence-corrected chi connectivity index (χ4v) is 3.05. The Morgan fingerprint density at radius 2 is 1.74 bits per heavy atom. The van der Waals surface area contributed by atoms with Crippen LogP contribution in [0.15, 0.2) is 46.2 Å². The van der Waals surface area contributed by atoms with Crippen molar-refractivity contribution in [1.29, 1.82) is 0 Å². The van der Waals surface area contributed by atoms with Gasteiger partial charge in [-0.05, 0) is 56.2 Å². The highest BCUT2D eigenvalue weighted by atomic mass is 32.2. The molecule has 0 aliphatic heterocycles. The Labute approximate surface area is 117 Å². The van der Waals surface area contributed by atoms with Gasteiger partial charge in [0, 0.05) is 9.79 Å². The molecule has 0 unspecified atom stereocenters. The summed E-state index contributed by atoms with van der Waals surface area (Å²) in [5.41, 5.74) is 3.03. The first kappa shape index (κ1) is 14.1. The van der Waals surface area contributed by atoms with Gasteiger partial charge >= 0.3 is 0 Å². The van der Waals surface area contributed by atoms with Crippen LogP contribution in [0.3, 0.4) is 0 Å². The predicted octanol–water partition coefficient (Wildman–Crippen LogP) is 4.65. The topological polar surface area (TPSA) is 20.2 Å². The first-order valence-electron chi connectivity index (χ1n) is 6.20. The lowest BCUT2D eigenvalue weighted by Gasteiger charge is -2.13. The number of aliphatic hydroxyl groups is 1. The molecule has 1 N–H and O–H groups in total. The second kappa shape index (κ2) is 5.76. The molecule has 0 aliphatic carbocycles. The number of hydrogen-bond acceptors (Lipinski definition) is 2. The third-order valence-electron chi connectivity index (χ3n) is 2.97. The Morgan fingerprint density at radius 3 is 2.37 bits per heavy atom. The van der Waals surface area contributed by atoms with Crippen LogP contribution in [-0.4, -0.2) is 5.11 Å². The molecule has 0 bridgehead atoms. The van der Waals surface area contributed by atoms with Gasteiger partial charge in [0.2, 0.25) is 0 Å². The predicted molar refractivity (Wildman–Crippen MR) is 77.1 cm³/mol. The van der Waals surface area contributed by atoms with Gasteiger partial charge in [0.15, 0.2) is 0 Å². The Bertz CT molecular complexity index is 593. The van der Waals surface area contributed by atoms with E-state index in [0.29, 0.717) is 5.56 Å². The van der Waals surface area contributed by atoms with Crippen LogP contribution < -0.4 is 0 Å². The summed E-state index contributed by atoms with van der Waals surface area (Å²) >= 11 is 1.56. The average molecular weight is 276 g/mol. The molecule has 0 fully saturated rings. The number of hydrogen-bond donors (Lipinski definition) is 1. The molecule has 0 radical (unpaired) electrons. The van der Waals surface area contributed by atoms with Crippen molar-refractivity contribution in [3.05, 3.63) is 58.9 Å². The van der Waals surface area contributed by atoms with Crippen LogP contribution in [0.25, 0.3) is 0 Å². The second-order valence-corrected chi connectivity index (χ2v) is 5.81. The van der Waals surface area contributed by atoms with Crippen molar-refractivity contribution in [2.75, 3.05) is 0 Å². The SMILES string of the molecule is Cc1ccc(Sc2ccc(F)cc2[C@H](C)O)c(C)c1. The van der Waals surface area contributed by atoms with Gasteiger partial charge in [0.1, 0.15) is 5.82 Å². The van der Waals surface area contributed by atoms with Crippen LogP contribution in [0, 0.1) is 19.7 Å². The molecule has 0 heterocycles. The van der Waals surface area contributed by atoms with E-state index < -0.39 is 6.10 Å². The maximum Gasteiger partial charge on any atom is 0.123 e. The van der Waals surface area contributed by atoms with E-state index in [-0.39, 0.29) is 5.82 Å². The largest absolute Gasteiger partial charge is 0.389 e. The highest BCUT2D eigenvalue weighted by Crippen LogP contribution is 2.35. The van der Waals surface area contributed by atoms with Gasteiger partial charge in [0.25, 0.3) is 0 Å².